The average Bonchev–Trinajstić information content (AvgIpc) is 3.24. The minimum absolute atomic E-state index is 0.0351. The van der Waals surface area contributed by atoms with E-state index in [-0.39, 0.29) is 18.3 Å². The van der Waals surface area contributed by atoms with Gasteiger partial charge in [-0.05, 0) is 29.8 Å². The standard InChI is InChI=1S/C16H15N3O5/c1-22-12-6-4-11(5-7-12)9-17-14(20)10-19-16(21)24-15(18-19)13-3-2-8-23-13/h2-8H,9-10H2,1H3,(H,17,20). The molecule has 0 fully saturated rings. The van der Waals surface area contributed by atoms with Crippen molar-refractivity contribution >= 4 is 5.91 Å². The smallest absolute Gasteiger partial charge is 0.437 e. The first-order valence-corrected chi connectivity index (χ1v) is 7.17. The molecule has 8 heteroatoms. The molecule has 2 aromatic heterocycles. The molecule has 124 valence electrons. The summed E-state index contributed by atoms with van der Waals surface area (Å²) in [6.45, 7) is 0.0969. The second-order valence-electron chi connectivity index (χ2n) is 4.93. The van der Waals surface area contributed by atoms with Crippen LogP contribution in [-0.2, 0) is 17.9 Å². The molecule has 0 aliphatic rings. The summed E-state index contributed by atoms with van der Waals surface area (Å²) in [5, 5.41) is 6.65. The van der Waals surface area contributed by atoms with Crippen LogP contribution >= 0.6 is 0 Å². The number of hydrogen-bond donors (Lipinski definition) is 1. The van der Waals surface area contributed by atoms with Crippen LogP contribution in [0.5, 0.6) is 5.75 Å². The molecule has 0 bridgehead atoms. The maximum Gasteiger partial charge on any atom is 0.437 e. The highest BCUT2D eigenvalue weighted by molar-refractivity contribution is 5.75. The van der Waals surface area contributed by atoms with Crippen molar-refractivity contribution in [3.05, 3.63) is 58.8 Å². The molecule has 0 unspecified atom stereocenters. The Balaban J connectivity index is 1.59. The van der Waals surface area contributed by atoms with E-state index in [0.29, 0.717) is 12.3 Å². The first-order valence-electron chi connectivity index (χ1n) is 7.17. The van der Waals surface area contributed by atoms with E-state index in [0.717, 1.165) is 16.0 Å². The molecule has 0 saturated carbocycles. The lowest BCUT2D eigenvalue weighted by atomic mass is 10.2. The van der Waals surface area contributed by atoms with Crippen molar-refractivity contribution in [1.82, 2.24) is 15.1 Å². The van der Waals surface area contributed by atoms with Gasteiger partial charge in [-0.25, -0.2) is 4.79 Å². The van der Waals surface area contributed by atoms with Crippen LogP contribution in [0.25, 0.3) is 11.7 Å². The molecule has 8 nitrogen and oxygen atoms in total. The van der Waals surface area contributed by atoms with Gasteiger partial charge in [-0.3, -0.25) is 4.79 Å². The predicted molar refractivity (Wildman–Crippen MR) is 83.3 cm³/mol. The third kappa shape index (κ3) is 3.54. The monoisotopic (exact) mass is 329 g/mol. The number of furan rings is 1. The lowest BCUT2D eigenvalue weighted by Gasteiger charge is -2.05. The Morgan fingerprint density at radius 1 is 1.29 bits per heavy atom. The molecule has 0 radical (unpaired) electrons. The highest BCUT2D eigenvalue weighted by atomic mass is 16.5. The van der Waals surface area contributed by atoms with Crippen LogP contribution in [0.2, 0.25) is 0 Å². The Morgan fingerprint density at radius 3 is 2.75 bits per heavy atom. The van der Waals surface area contributed by atoms with Gasteiger partial charge in [0.1, 0.15) is 12.3 Å². The predicted octanol–water partition coefficient (Wildman–Crippen LogP) is 1.42. The maximum atomic E-state index is 12.0. The number of nitrogens with one attached hydrogen (secondary N) is 1. The summed E-state index contributed by atoms with van der Waals surface area (Å²) in [5.74, 6) is 0.0235. The lowest BCUT2D eigenvalue weighted by molar-refractivity contribution is -0.122. The van der Waals surface area contributed by atoms with Gasteiger partial charge in [-0.1, -0.05) is 12.1 Å². The molecule has 0 spiro atoms. The van der Waals surface area contributed by atoms with Crippen molar-refractivity contribution in [2.24, 2.45) is 0 Å². The third-order valence-corrected chi connectivity index (χ3v) is 3.28. The number of rotatable bonds is 6. The number of benzene rings is 1. The van der Waals surface area contributed by atoms with Crippen LogP contribution in [0.1, 0.15) is 5.56 Å². The van der Waals surface area contributed by atoms with E-state index in [4.69, 9.17) is 13.6 Å². The summed E-state index contributed by atoms with van der Waals surface area (Å²) >= 11 is 0. The van der Waals surface area contributed by atoms with Gasteiger partial charge in [0.2, 0.25) is 5.91 Å². The number of amides is 1. The van der Waals surface area contributed by atoms with Crippen LogP contribution in [0.15, 0.2) is 56.3 Å². The SMILES string of the molecule is COc1ccc(CNC(=O)Cn2nc(-c3ccco3)oc2=O)cc1. The van der Waals surface area contributed by atoms with E-state index in [1.807, 2.05) is 12.1 Å². The van der Waals surface area contributed by atoms with Crippen molar-refractivity contribution in [2.75, 3.05) is 7.11 Å². The van der Waals surface area contributed by atoms with Gasteiger partial charge in [-0.2, -0.15) is 4.68 Å². The van der Waals surface area contributed by atoms with Gasteiger partial charge < -0.3 is 18.9 Å². The lowest BCUT2D eigenvalue weighted by Crippen LogP contribution is -2.31. The van der Waals surface area contributed by atoms with Crippen LogP contribution in [0, 0.1) is 0 Å². The number of hydrogen-bond acceptors (Lipinski definition) is 6. The van der Waals surface area contributed by atoms with E-state index in [2.05, 4.69) is 10.4 Å². The fraction of sp³-hybridized carbons (Fsp3) is 0.188. The molecule has 0 saturated heterocycles. The van der Waals surface area contributed by atoms with Crippen LogP contribution in [0.3, 0.4) is 0 Å². The summed E-state index contributed by atoms with van der Waals surface area (Å²) < 4.78 is 16.1. The molecule has 0 atom stereocenters. The summed E-state index contributed by atoms with van der Waals surface area (Å²) in [4.78, 5) is 23.7. The van der Waals surface area contributed by atoms with Crippen LogP contribution < -0.4 is 15.8 Å². The van der Waals surface area contributed by atoms with E-state index in [1.165, 1.54) is 6.26 Å². The van der Waals surface area contributed by atoms with Gasteiger partial charge in [0, 0.05) is 6.54 Å². The topological polar surface area (TPSA) is 99.5 Å². The zero-order chi connectivity index (χ0) is 16.9. The molecule has 1 amide bonds. The molecule has 1 N–H and O–H groups in total. The number of carbonyl (C=O) groups excluding carboxylic acids is 1. The first-order chi connectivity index (χ1) is 11.7. The van der Waals surface area contributed by atoms with Gasteiger partial charge in [0.05, 0.1) is 13.4 Å². The number of nitrogens with zero attached hydrogens (tertiary/aromatic N) is 2. The molecule has 2 heterocycles. The van der Waals surface area contributed by atoms with Gasteiger partial charge in [0.25, 0.3) is 5.89 Å². The van der Waals surface area contributed by atoms with Crippen molar-refractivity contribution < 1.29 is 18.4 Å². The summed E-state index contributed by atoms with van der Waals surface area (Å²) in [6, 6.07) is 10.6. The van der Waals surface area contributed by atoms with Gasteiger partial charge >= 0.3 is 5.76 Å². The van der Waals surface area contributed by atoms with E-state index < -0.39 is 5.76 Å². The van der Waals surface area contributed by atoms with E-state index >= 15 is 0 Å². The number of aromatic nitrogens is 2. The van der Waals surface area contributed by atoms with Crippen molar-refractivity contribution in [3.63, 3.8) is 0 Å². The molecule has 3 aromatic rings. The molecule has 1 aromatic carbocycles. The van der Waals surface area contributed by atoms with Crippen molar-refractivity contribution in [2.45, 2.75) is 13.1 Å². The average molecular weight is 329 g/mol. The minimum Gasteiger partial charge on any atom is -0.497 e. The highest BCUT2D eigenvalue weighted by Gasteiger charge is 2.14. The largest absolute Gasteiger partial charge is 0.497 e. The second-order valence-corrected chi connectivity index (χ2v) is 4.93. The Labute approximate surface area is 136 Å². The number of methoxy groups -OCH3 is 1. The Hall–Kier alpha value is -3.29. The zero-order valence-corrected chi connectivity index (χ0v) is 12.9. The third-order valence-electron chi connectivity index (χ3n) is 3.28. The summed E-state index contributed by atoms with van der Waals surface area (Å²) in [5.41, 5.74) is 0.910. The highest BCUT2D eigenvalue weighted by Crippen LogP contribution is 2.15. The Morgan fingerprint density at radius 2 is 2.08 bits per heavy atom. The first kappa shape index (κ1) is 15.6. The number of carbonyl (C=O) groups is 1. The van der Waals surface area contributed by atoms with Crippen molar-refractivity contribution in [1.29, 1.82) is 0 Å². The number of ether oxygens (including phenoxy) is 1. The molecule has 0 aliphatic heterocycles. The molecule has 0 aliphatic carbocycles. The van der Waals surface area contributed by atoms with E-state index in [9.17, 15) is 9.59 Å². The zero-order valence-electron chi connectivity index (χ0n) is 12.9. The molecular weight excluding hydrogens is 314 g/mol. The second kappa shape index (κ2) is 6.86. The normalized spacial score (nSPS) is 10.5. The van der Waals surface area contributed by atoms with Crippen molar-refractivity contribution in [3.8, 4) is 17.4 Å². The summed E-state index contributed by atoms with van der Waals surface area (Å²) in [7, 11) is 1.59. The van der Waals surface area contributed by atoms with E-state index in [1.54, 1.807) is 31.4 Å². The quantitative estimate of drug-likeness (QED) is 0.734. The maximum absolute atomic E-state index is 12.0. The van der Waals surface area contributed by atoms with Crippen LogP contribution in [-0.4, -0.2) is 22.8 Å². The van der Waals surface area contributed by atoms with Crippen LogP contribution in [0.4, 0.5) is 0 Å². The minimum atomic E-state index is -0.721. The Bertz CT molecular complexity index is 862. The molecule has 3 rings (SSSR count). The fourth-order valence-electron chi connectivity index (χ4n) is 2.04. The summed E-state index contributed by atoms with van der Waals surface area (Å²) in [6.07, 6.45) is 1.44. The molecular formula is C16H15N3O5. The molecule has 24 heavy (non-hydrogen) atoms. The Kier molecular flexibility index (Phi) is 4.46. The fourth-order valence-corrected chi connectivity index (χ4v) is 2.04. The van der Waals surface area contributed by atoms with Gasteiger partial charge in [-0.15, -0.1) is 5.10 Å². The van der Waals surface area contributed by atoms with Gasteiger partial charge in [0.15, 0.2) is 5.76 Å².